The Bertz CT molecular complexity index is 1120. The molecule has 0 aliphatic carbocycles. The van der Waals surface area contributed by atoms with Crippen molar-refractivity contribution in [3.05, 3.63) is 75.7 Å². The minimum absolute atomic E-state index is 0.0764. The lowest BCUT2D eigenvalue weighted by Crippen LogP contribution is -2.23. The summed E-state index contributed by atoms with van der Waals surface area (Å²) in [5.41, 5.74) is 5.40. The van der Waals surface area contributed by atoms with Crippen LogP contribution in [-0.4, -0.2) is 28.4 Å². The molecule has 0 N–H and O–H groups in total. The van der Waals surface area contributed by atoms with E-state index >= 15 is 0 Å². The lowest BCUT2D eigenvalue weighted by atomic mass is 9.97. The average Bonchev–Trinajstić information content (AvgIpc) is 3.16. The standard InChI is InChI=1S/C25H28N2O4/c1-16(2)29-14-20-12-24(28)26-25-27(20)13-22(31-25)15-30-21-10-8-19(9-11-21)23-7-5-6-17(3)18(23)4/h5-12,16,22H,13-15H2,1-4H3/t22-/m0/s1. The summed E-state index contributed by atoms with van der Waals surface area (Å²) in [5, 5.41) is 0. The van der Waals surface area contributed by atoms with E-state index < -0.39 is 0 Å². The van der Waals surface area contributed by atoms with Crippen molar-refractivity contribution in [2.24, 2.45) is 0 Å². The summed E-state index contributed by atoms with van der Waals surface area (Å²) in [5.74, 6) is 0.777. The number of aromatic nitrogens is 2. The van der Waals surface area contributed by atoms with Gasteiger partial charge in [0, 0.05) is 6.07 Å². The molecule has 0 bridgehead atoms. The highest BCUT2D eigenvalue weighted by atomic mass is 16.6. The van der Waals surface area contributed by atoms with Crippen molar-refractivity contribution < 1.29 is 14.2 Å². The Hall–Kier alpha value is -3.12. The summed E-state index contributed by atoms with van der Waals surface area (Å²) in [7, 11) is 0. The number of nitrogens with zero attached hydrogens (tertiary/aromatic N) is 2. The first kappa shape index (κ1) is 21.1. The van der Waals surface area contributed by atoms with Crippen molar-refractivity contribution in [3.63, 3.8) is 0 Å². The number of hydrogen-bond donors (Lipinski definition) is 0. The monoisotopic (exact) mass is 420 g/mol. The van der Waals surface area contributed by atoms with Crippen LogP contribution in [0.5, 0.6) is 11.8 Å². The molecule has 162 valence electrons. The Morgan fingerprint density at radius 1 is 1.16 bits per heavy atom. The Labute approximate surface area is 182 Å². The van der Waals surface area contributed by atoms with Gasteiger partial charge in [-0.2, -0.15) is 4.98 Å². The number of fused-ring (bicyclic) bond motifs is 1. The van der Waals surface area contributed by atoms with Gasteiger partial charge in [-0.05, 0) is 62.1 Å². The second-order valence-corrected chi connectivity index (χ2v) is 8.16. The minimum atomic E-state index is -0.322. The highest BCUT2D eigenvalue weighted by Gasteiger charge is 2.26. The molecule has 2 aromatic carbocycles. The summed E-state index contributed by atoms with van der Waals surface area (Å²) in [6.45, 7) is 9.47. The van der Waals surface area contributed by atoms with Crippen molar-refractivity contribution in [2.75, 3.05) is 6.61 Å². The van der Waals surface area contributed by atoms with Gasteiger partial charge in [0.05, 0.1) is 24.9 Å². The minimum Gasteiger partial charge on any atom is -0.490 e. The summed E-state index contributed by atoms with van der Waals surface area (Å²) in [6.07, 6.45) is -0.140. The largest absolute Gasteiger partial charge is 0.490 e. The molecule has 2 heterocycles. The number of benzene rings is 2. The molecule has 0 unspecified atom stereocenters. The van der Waals surface area contributed by atoms with Gasteiger partial charge in [0.15, 0.2) is 6.10 Å². The van der Waals surface area contributed by atoms with E-state index in [0.717, 1.165) is 17.0 Å². The molecule has 3 aromatic rings. The van der Waals surface area contributed by atoms with E-state index in [1.54, 1.807) is 0 Å². The zero-order valence-corrected chi connectivity index (χ0v) is 18.4. The van der Waals surface area contributed by atoms with Gasteiger partial charge in [-0.3, -0.25) is 9.36 Å². The van der Waals surface area contributed by atoms with Crippen LogP contribution in [0.2, 0.25) is 0 Å². The molecule has 0 radical (unpaired) electrons. The quantitative estimate of drug-likeness (QED) is 0.571. The summed E-state index contributed by atoms with van der Waals surface area (Å²) in [6, 6.07) is 16.3. The maximum Gasteiger partial charge on any atom is 0.300 e. The first-order valence-corrected chi connectivity index (χ1v) is 10.6. The van der Waals surface area contributed by atoms with Gasteiger partial charge in [0.1, 0.15) is 12.4 Å². The predicted octanol–water partition coefficient (Wildman–Crippen LogP) is 4.29. The zero-order chi connectivity index (χ0) is 22.0. The fraction of sp³-hybridized carbons (Fsp3) is 0.360. The van der Waals surface area contributed by atoms with E-state index in [1.165, 1.54) is 22.8 Å². The fourth-order valence-corrected chi connectivity index (χ4v) is 3.65. The third-order valence-corrected chi connectivity index (χ3v) is 5.50. The molecule has 1 atom stereocenters. The molecule has 6 nitrogen and oxygen atoms in total. The Kier molecular flexibility index (Phi) is 6.09. The molecule has 1 aliphatic rings. The number of rotatable bonds is 7. The van der Waals surface area contributed by atoms with Gasteiger partial charge in [-0.25, -0.2) is 0 Å². The van der Waals surface area contributed by atoms with Crippen molar-refractivity contribution >= 4 is 0 Å². The van der Waals surface area contributed by atoms with Crippen LogP contribution in [0.1, 0.15) is 30.7 Å². The van der Waals surface area contributed by atoms with Crippen molar-refractivity contribution in [1.29, 1.82) is 0 Å². The SMILES string of the molecule is Cc1cccc(-c2ccc(OC[C@@H]3Cn4c(COC(C)C)cc(=O)nc4O3)cc2)c1C. The molecule has 1 aromatic heterocycles. The molecule has 0 saturated carbocycles. The Morgan fingerprint density at radius 3 is 2.68 bits per heavy atom. The van der Waals surface area contributed by atoms with Gasteiger partial charge >= 0.3 is 6.01 Å². The van der Waals surface area contributed by atoms with E-state index in [0.29, 0.717) is 25.8 Å². The average molecular weight is 421 g/mol. The van der Waals surface area contributed by atoms with Crippen LogP contribution in [0, 0.1) is 13.8 Å². The second-order valence-electron chi connectivity index (χ2n) is 8.16. The first-order chi connectivity index (χ1) is 14.9. The van der Waals surface area contributed by atoms with Gasteiger partial charge in [0.2, 0.25) is 0 Å². The molecular weight excluding hydrogens is 392 g/mol. The fourth-order valence-electron chi connectivity index (χ4n) is 3.65. The summed E-state index contributed by atoms with van der Waals surface area (Å²) in [4.78, 5) is 15.9. The Balaban J connectivity index is 1.40. The topological polar surface area (TPSA) is 62.6 Å². The molecule has 0 spiro atoms. The molecule has 0 amide bonds. The Morgan fingerprint density at radius 2 is 1.94 bits per heavy atom. The molecule has 4 rings (SSSR count). The maximum absolute atomic E-state index is 11.9. The first-order valence-electron chi connectivity index (χ1n) is 10.6. The third-order valence-electron chi connectivity index (χ3n) is 5.50. The van der Waals surface area contributed by atoms with Crippen molar-refractivity contribution in [3.8, 4) is 22.9 Å². The summed E-state index contributed by atoms with van der Waals surface area (Å²) >= 11 is 0. The number of ether oxygens (including phenoxy) is 3. The van der Waals surface area contributed by atoms with Crippen LogP contribution in [0.3, 0.4) is 0 Å². The lowest BCUT2D eigenvalue weighted by molar-refractivity contribution is 0.0613. The van der Waals surface area contributed by atoms with Crippen LogP contribution in [0.4, 0.5) is 0 Å². The van der Waals surface area contributed by atoms with Crippen molar-refractivity contribution in [2.45, 2.75) is 53.1 Å². The van der Waals surface area contributed by atoms with Crippen LogP contribution in [0.25, 0.3) is 11.1 Å². The number of hydrogen-bond acceptors (Lipinski definition) is 5. The highest BCUT2D eigenvalue weighted by molar-refractivity contribution is 5.68. The highest BCUT2D eigenvalue weighted by Crippen LogP contribution is 2.27. The smallest absolute Gasteiger partial charge is 0.300 e. The molecule has 0 saturated heterocycles. The van der Waals surface area contributed by atoms with Crippen molar-refractivity contribution in [1.82, 2.24) is 9.55 Å². The predicted molar refractivity (Wildman–Crippen MR) is 120 cm³/mol. The molecule has 31 heavy (non-hydrogen) atoms. The van der Waals surface area contributed by atoms with Crippen LogP contribution < -0.4 is 15.0 Å². The van der Waals surface area contributed by atoms with E-state index in [9.17, 15) is 4.79 Å². The van der Waals surface area contributed by atoms with Crippen LogP contribution in [0.15, 0.2) is 53.3 Å². The molecular formula is C25H28N2O4. The molecule has 6 heteroatoms. The normalized spacial score (nSPS) is 15.1. The van der Waals surface area contributed by atoms with E-state index in [1.807, 2.05) is 30.5 Å². The van der Waals surface area contributed by atoms with E-state index in [4.69, 9.17) is 14.2 Å². The van der Waals surface area contributed by atoms with Gasteiger partial charge in [-0.15, -0.1) is 0 Å². The summed E-state index contributed by atoms with van der Waals surface area (Å²) < 4.78 is 19.4. The van der Waals surface area contributed by atoms with E-state index in [-0.39, 0.29) is 17.8 Å². The van der Waals surface area contributed by atoms with Gasteiger partial charge in [-0.1, -0.05) is 30.3 Å². The molecule has 1 aliphatic heterocycles. The maximum atomic E-state index is 11.9. The van der Waals surface area contributed by atoms with Gasteiger partial charge in [0.25, 0.3) is 5.56 Å². The zero-order valence-electron chi connectivity index (χ0n) is 18.4. The third kappa shape index (κ3) is 4.80. The van der Waals surface area contributed by atoms with Crippen LogP contribution >= 0.6 is 0 Å². The lowest BCUT2D eigenvalue weighted by Gasteiger charge is -2.13. The van der Waals surface area contributed by atoms with Crippen LogP contribution in [-0.2, 0) is 17.9 Å². The van der Waals surface area contributed by atoms with E-state index in [2.05, 4.69) is 49.2 Å². The number of aryl methyl sites for hydroxylation is 1. The second kappa shape index (κ2) is 8.94. The molecule has 0 fully saturated rings. The van der Waals surface area contributed by atoms with Gasteiger partial charge < -0.3 is 14.2 Å².